The summed E-state index contributed by atoms with van der Waals surface area (Å²) in [6, 6.07) is 10.4. The van der Waals surface area contributed by atoms with Crippen molar-refractivity contribution in [3.8, 4) is 11.5 Å². The van der Waals surface area contributed by atoms with E-state index in [1.807, 2.05) is 24.4 Å². The summed E-state index contributed by atoms with van der Waals surface area (Å²) in [4.78, 5) is 15.1. The van der Waals surface area contributed by atoms with Crippen LogP contribution in [0.4, 0.5) is 10.8 Å². The molecule has 1 N–H and O–H groups in total. The molecule has 29 heavy (non-hydrogen) atoms. The van der Waals surface area contributed by atoms with Crippen molar-refractivity contribution in [3.05, 3.63) is 74.3 Å². The molecule has 0 amide bonds. The van der Waals surface area contributed by atoms with Crippen LogP contribution in [-0.4, -0.2) is 23.2 Å². The highest BCUT2D eigenvalue weighted by molar-refractivity contribution is 7.13. The third-order valence-electron chi connectivity index (χ3n) is 3.99. The number of nitrogens with one attached hydrogen (secondary N) is 1. The molecule has 0 saturated heterocycles. The van der Waals surface area contributed by atoms with Gasteiger partial charge in [-0.05, 0) is 49.2 Å². The van der Waals surface area contributed by atoms with Crippen molar-refractivity contribution >= 4 is 28.4 Å². The number of aromatic nitrogens is 1. The SMILES string of the molecule is COc1ccc(C=NNc2nc(C)cs2)cc1COc1ccc(C)cc1[N+](=O)[O-]. The Morgan fingerprint density at radius 2 is 2.03 bits per heavy atom. The van der Waals surface area contributed by atoms with Crippen molar-refractivity contribution in [2.75, 3.05) is 12.5 Å². The number of anilines is 1. The summed E-state index contributed by atoms with van der Waals surface area (Å²) in [6.45, 7) is 3.83. The molecule has 0 fully saturated rings. The van der Waals surface area contributed by atoms with Gasteiger partial charge in [-0.3, -0.25) is 15.5 Å². The average molecular weight is 412 g/mol. The molecule has 2 aromatic carbocycles. The molecular formula is C20H20N4O4S. The Balaban J connectivity index is 1.75. The largest absolute Gasteiger partial charge is 0.496 e. The minimum Gasteiger partial charge on any atom is -0.496 e. The quantitative estimate of drug-likeness (QED) is 0.327. The van der Waals surface area contributed by atoms with Gasteiger partial charge in [0.25, 0.3) is 0 Å². The van der Waals surface area contributed by atoms with Crippen molar-refractivity contribution < 1.29 is 14.4 Å². The lowest BCUT2D eigenvalue weighted by Gasteiger charge is -2.11. The summed E-state index contributed by atoms with van der Waals surface area (Å²) in [5.41, 5.74) is 6.12. The van der Waals surface area contributed by atoms with Crippen molar-refractivity contribution in [3.63, 3.8) is 0 Å². The predicted octanol–water partition coefficient (Wildman–Crippen LogP) is 4.70. The maximum absolute atomic E-state index is 11.3. The van der Waals surface area contributed by atoms with Crippen LogP contribution in [0.25, 0.3) is 0 Å². The number of nitro benzene ring substituents is 1. The molecule has 0 saturated carbocycles. The maximum Gasteiger partial charge on any atom is 0.311 e. The maximum atomic E-state index is 11.3. The first-order chi connectivity index (χ1) is 14.0. The van der Waals surface area contributed by atoms with E-state index >= 15 is 0 Å². The van der Waals surface area contributed by atoms with Crippen LogP contribution >= 0.6 is 11.3 Å². The van der Waals surface area contributed by atoms with E-state index in [4.69, 9.17) is 9.47 Å². The van der Waals surface area contributed by atoms with Gasteiger partial charge in [-0.25, -0.2) is 4.98 Å². The van der Waals surface area contributed by atoms with Crippen LogP contribution in [0.3, 0.4) is 0 Å². The van der Waals surface area contributed by atoms with E-state index in [9.17, 15) is 10.1 Å². The highest BCUT2D eigenvalue weighted by Crippen LogP contribution is 2.30. The van der Waals surface area contributed by atoms with Crippen molar-refractivity contribution in [2.45, 2.75) is 20.5 Å². The Morgan fingerprint density at radius 1 is 1.24 bits per heavy atom. The fourth-order valence-electron chi connectivity index (χ4n) is 2.61. The molecule has 0 bridgehead atoms. The highest BCUT2D eigenvalue weighted by atomic mass is 32.1. The van der Waals surface area contributed by atoms with Gasteiger partial charge in [0.15, 0.2) is 5.75 Å². The molecule has 0 aliphatic rings. The van der Waals surface area contributed by atoms with E-state index in [1.165, 1.54) is 17.4 Å². The lowest BCUT2D eigenvalue weighted by molar-refractivity contribution is -0.386. The van der Waals surface area contributed by atoms with E-state index in [0.29, 0.717) is 10.9 Å². The second-order valence-corrected chi connectivity index (χ2v) is 7.11. The number of benzene rings is 2. The zero-order valence-corrected chi connectivity index (χ0v) is 17.0. The van der Waals surface area contributed by atoms with Crippen LogP contribution in [0.2, 0.25) is 0 Å². The van der Waals surface area contributed by atoms with Gasteiger partial charge in [-0.1, -0.05) is 6.07 Å². The lowest BCUT2D eigenvalue weighted by atomic mass is 10.1. The number of hydrogen-bond donors (Lipinski definition) is 1. The van der Waals surface area contributed by atoms with Crippen LogP contribution in [-0.2, 0) is 6.61 Å². The number of ether oxygens (including phenoxy) is 2. The van der Waals surface area contributed by atoms with Gasteiger partial charge in [-0.15, -0.1) is 11.3 Å². The van der Waals surface area contributed by atoms with Crippen molar-refractivity contribution in [2.24, 2.45) is 5.10 Å². The van der Waals surface area contributed by atoms with Gasteiger partial charge < -0.3 is 9.47 Å². The fourth-order valence-corrected chi connectivity index (χ4v) is 3.24. The summed E-state index contributed by atoms with van der Waals surface area (Å²) < 4.78 is 11.1. The molecule has 9 heteroatoms. The zero-order valence-electron chi connectivity index (χ0n) is 16.2. The summed E-state index contributed by atoms with van der Waals surface area (Å²) >= 11 is 1.47. The number of rotatable bonds is 8. The first-order valence-electron chi connectivity index (χ1n) is 8.72. The predicted molar refractivity (Wildman–Crippen MR) is 113 cm³/mol. The van der Waals surface area contributed by atoms with Crippen molar-refractivity contribution in [1.29, 1.82) is 0 Å². The third-order valence-corrected chi connectivity index (χ3v) is 4.86. The molecule has 0 radical (unpaired) electrons. The molecule has 3 aromatic rings. The molecule has 8 nitrogen and oxygen atoms in total. The van der Waals surface area contributed by atoms with Crippen molar-refractivity contribution in [1.82, 2.24) is 4.98 Å². The molecule has 1 aromatic heterocycles. The smallest absolute Gasteiger partial charge is 0.311 e. The van der Waals surface area contributed by atoms with Crippen LogP contribution in [0, 0.1) is 24.0 Å². The van der Waals surface area contributed by atoms with Crippen LogP contribution in [0.1, 0.15) is 22.4 Å². The second kappa shape index (κ2) is 9.16. The highest BCUT2D eigenvalue weighted by Gasteiger charge is 2.16. The number of nitro groups is 1. The van der Waals surface area contributed by atoms with E-state index < -0.39 is 4.92 Å². The fraction of sp³-hybridized carbons (Fsp3) is 0.200. The van der Waals surface area contributed by atoms with Crippen LogP contribution < -0.4 is 14.9 Å². The lowest BCUT2D eigenvalue weighted by Crippen LogP contribution is -2.02. The zero-order chi connectivity index (χ0) is 20.8. The van der Waals surface area contributed by atoms with E-state index in [0.717, 1.165) is 22.4 Å². The van der Waals surface area contributed by atoms with Gasteiger partial charge in [0.1, 0.15) is 12.4 Å². The number of methoxy groups -OCH3 is 1. The molecule has 0 spiro atoms. The minimum absolute atomic E-state index is 0.0652. The summed E-state index contributed by atoms with van der Waals surface area (Å²) in [5.74, 6) is 0.836. The Labute approximate surface area is 172 Å². The number of nitrogens with zero attached hydrogens (tertiary/aromatic N) is 3. The minimum atomic E-state index is -0.450. The summed E-state index contributed by atoms with van der Waals surface area (Å²) in [5, 5.41) is 18.1. The molecule has 1 heterocycles. The Hall–Kier alpha value is -3.46. The number of hydrazone groups is 1. The van der Waals surface area contributed by atoms with Crippen LogP contribution in [0.15, 0.2) is 46.9 Å². The third kappa shape index (κ3) is 5.29. The molecular weight excluding hydrogens is 392 g/mol. The van der Waals surface area contributed by atoms with Crippen LogP contribution in [0.5, 0.6) is 11.5 Å². The summed E-state index contributed by atoms with van der Waals surface area (Å²) in [7, 11) is 1.56. The number of thiazole rings is 1. The molecule has 0 atom stereocenters. The first-order valence-corrected chi connectivity index (χ1v) is 9.60. The molecule has 0 aliphatic heterocycles. The van der Waals surface area contributed by atoms with Gasteiger partial charge >= 0.3 is 5.69 Å². The Morgan fingerprint density at radius 3 is 2.72 bits per heavy atom. The van der Waals surface area contributed by atoms with Gasteiger partial charge in [-0.2, -0.15) is 5.10 Å². The molecule has 150 valence electrons. The first kappa shape index (κ1) is 20.3. The molecule has 3 rings (SSSR count). The number of aryl methyl sites for hydroxylation is 2. The molecule has 0 aliphatic carbocycles. The van der Waals surface area contributed by atoms with E-state index in [1.54, 1.807) is 38.4 Å². The van der Waals surface area contributed by atoms with Gasteiger partial charge in [0.05, 0.1) is 23.9 Å². The Kier molecular flexibility index (Phi) is 6.40. The summed E-state index contributed by atoms with van der Waals surface area (Å²) in [6.07, 6.45) is 1.66. The molecule has 0 unspecified atom stereocenters. The van der Waals surface area contributed by atoms with Gasteiger partial charge in [0, 0.05) is 17.0 Å². The van der Waals surface area contributed by atoms with Gasteiger partial charge in [0.2, 0.25) is 5.13 Å². The average Bonchev–Trinajstić information content (AvgIpc) is 3.12. The normalized spacial score (nSPS) is 10.9. The number of hydrogen-bond acceptors (Lipinski definition) is 8. The topological polar surface area (TPSA) is 98.9 Å². The second-order valence-electron chi connectivity index (χ2n) is 6.25. The van der Waals surface area contributed by atoms with E-state index in [-0.39, 0.29) is 18.0 Å². The van der Waals surface area contributed by atoms with E-state index in [2.05, 4.69) is 15.5 Å². The Bertz CT molecular complexity index is 1050. The standard InChI is InChI=1S/C20H20N4O4S/c1-13-4-6-19(17(8-13)24(25)26)28-11-16-9-15(5-7-18(16)27-3)10-21-23-20-22-14(2)12-29-20/h4-10,12H,11H2,1-3H3,(H,22,23). The monoisotopic (exact) mass is 412 g/mol.